The largest absolute Gasteiger partial charge is 0.467 e. The molecule has 0 bridgehead atoms. The third kappa shape index (κ3) is 2.55. The van der Waals surface area contributed by atoms with E-state index >= 15 is 0 Å². The van der Waals surface area contributed by atoms with Crippen LogP contribution in [0.1, 0.15) is 22.9 Å². The fourth-order valence-corrected chi connectivity index (χ4v) is 1.66. The molecule has 0 saturated carbocycles. The lowest BCUT2D eigenvalue weighted by Gasteiger charge is -2.14. The van der Waals surface area contributed by atoms with Gasteiger partial charge < -0.3 is 4.42 Å². The van der Waals surface area contributed by atoms with E-state index < -0.39 is 17.8 Å². The molecule has 0 spiro atoms. The number of alkyl halides is 3. The molecule has 2 rings (SSSR count). The van der Waals surface area contributed by atoms with Gasteiger partial charge in [-0.2, -0.15) is 13.2 Å². The van der Waals surface area contributed by atoms with E-state index in [1.54, 1.807) is 12.1 Å². The average Bonchev–Trinajstić information content (AvgIpc) is 2.83. The first-order chi connectivity index (χ1) is 8.52. The van der Waals surface area contributed by atoms with Crippen molar-refractivity contribution in [2.75, 3.05) is 0 Å². The van der Waals surface area contributed by atoms with Crippen molar-refractivity contribution < 1.29 is 17.6 Å². The first-order valence-corrected chi connectivity index (χ1v) is 5.19. The van der Waals surface area contributed by atoms with E-state index in [4.69, 9.17) is 10.3 Å². The second-order valence-electron chi connectivity index (χ2n) is 3.73. The third-order valence-electron chi connectivity index (χ3n) is 2.57. The molecule has 0 aliphatic heterocycles. The summed E-state index contributed by atoms with van der Waals surface area (Å²) >= 11 is 0. The minimum Gasteiger partial charge on any atom is -0.467 e. The van der Waals surface area contributed by atoms with Crippen molar-refractivity contribution in [1.29, 1.82) is 0 Å². The molecule has 0 radical (unpaired) electrons. The van der Waals surface area contributed by atoms with Gasteiger partial charge in [0.25, 0.3) is 0 Å². The van der Waals surface area contributed by atoms with E-state index in [1.807, 2.05) is 0 Å². The van der Waals surface area contributed by atoms with Gasteiger partial charge in [0.2, 0.25) is 0 Å². The van der Waals surface area contributed by atoms with E-state index in [0.29, 0.717) is 11.3 Å². The van der Waals surface area contributed by atoms with Crippen molar-refractivity contribution in [3.05, 3.63) is 59.5 Å². The van der Waals surface area contributed by atoms with Crippen molar-refractivity contribution in [3.8, 4) is 0 Å². The number of halogens is 3. The summed E-state index contributed by atoms with van der Waals surface area (Å²) in [7, 11) is 0. The summed E-state index contributed by atoms with van der Waals surface area (Å²) in [6.07, 6.45) is -2.86. The van der Waals surface area contributed by atoms with Gasteiger partial charge in [0, 0.05) is 0 Å². The Morgan fingerprint density at radius 2 is 1.78 bits per heavy atom. The summed E-state index contributed by atoms with van der Waals surface area (Å²) in [5.41, 5.74) is 2.41. The maximum atomic E-state index is 12.4. The molecule has 1 aromatic heterocycles. The zero-order valence-corrected chi connectivity index (χ0v) is 9.24. The number of hydrazine groups is 1. The van der Waals surface area contributed by atoms with Crippen LogP contribution in [0.25, 0.3) is 0 Å². The molecular formula is C12H11F3N2O. The molecular weight excluding hydrogens is 245 g/mol. The average molecular weight is 256 g/mol. The second-order valence-corrected chi connectivity index (χ2v) is 3.73. The Labute approximate surface area is 101 Å². The topological polar surface area (TPSA) is 51.2 Å². The van der Waals surface area contributed by atoms with Gasteiger partial charge in [-0.05, 0) is 29.8 Å². The van der Waals surface area contributed by atoms with Crippen LogP contribution in [0, 0.1) is 0 Å². The molecule has 0 fully saturated rings. The maximum Gasteiger partial charge on any atom is 0.416 e. The van der Waals surface area contributed by atoms with Crippen LogP contribution >= 0.6 is 0 Å². The Balaban J connectivity index is 2.28. The number of benzene rings is 1. The fraction of sp³-hybridized carbons (Fsp3) is 0.167. The number of furan rings is 1. The number of nitrogens with two attached hydrogens (primary N) is 1. The molecule has 1 aromatic carbocycles. The fourth-order valence-electron chi connectivity index (χ4n) is 1.66. The number of hydrogen-bond donors (Lipinski definition) is 2. The molecule has 3 nitrogen and oxygen atoms in total. The Morgan fingerprint density at radius 3 is 2.22 bits per heavy atom. The van der Waals surface area contributed by atoms with Crippen LogP contribution in [-0.4, -0.2) is 0 Å². The lowest BCUT2D eigenvalue weighted by molar-refractivity contribution is -0.137. The highest BCUT2D eigenvalue weighted by Gasteiger charge is 2.30. The predicted octanol–water partition coefficient (Wildman–Crippen LogP) is 2.85. The van der Waals surface area contributed by atoms with Crippen LogP contribution < -0.4 is 11.3 Å². The monoisotopic (exact) mass is 256 g/mol. The smallest absolute Gasteiger partial charge is 0.416 e. The van der Waals surface area contributed by atoms with Crippen LogP contribution in [0.2, 0.25) is 0 Å². The van der Waals surface area contributed by atoms with Gasteiger partial charge in [-0.25, -0.2) is 5.43 Å². The summed E-state index contributed by atoms with van der Waals surface area (Å²) in [4.78, 5) is 0. The van der Waals surface area contributed by atoms with E-state index in [-0.39, 0.29) is 0 Å². The molecule has 6 heteroatoms. The van der Waals surface area contributed by atoms with Crippen molar-refractivity contribution in [1.82, 2.24) is 5.43 Å². The summed E-state index contributed by atoms with van der Waals surface area (Å²) in [6, 6.07) is 7.69. The maximum absolute atomic E-state index is 12.4. The molecule has 0 amide bonds. The van der Waals surface area contributed by atoms with Crippen molar-refractivity contribution in [3.63, 3.8) is 0 Å². The lowest BCUT2D eigenvalue weighted by Crippen LogP contribution is -2.28. The SMILES string of the molecule is NNC(c1ccc(C(F)(F)F)cc1)c1ccco1. The Kier molecular flexibility index (Phi) is 3.40. The second kappa shape index (κ2) is 4.83. The summed E-state index contributed by atoms with van der Waals surface area (Å²) in [5, 5.41) is 0. The highest BCUT2D eigenvalue weighted by atomic mass is 19.4. The molecule has 2 aromatic rings. The molecule has 18 heavy (non-hydrogen) atoms. The quantitative estimate of drug-likeness (QED) is 0.655. The van der Waals surface area contributed by atoms with Crippen LogP contribution in [0.4, 0.5) is 13.2 Å². The highest BCUT2D eigenvalue weighted by molar-refractivity contribution is 5.30. The first-order valence-electron chi connectivity index (χ1n) is 5.19. The molecule has 1 heterocycles. The van der Waals surface area contributed by atoms with Crippen molar-refractivity contribution in [2.45, 2.75) is 12.2 Å². The normalized spacial score (nSPS) is 13.6. The molecule has 0 saturated heterocycles. The van der Waals surface area contributed by atoms with Gasteiger partial charge in [-0.1, -0.05) is 12.1 Å². The van der Waals surface area contributed by atoms with Gasteiger partial charge in [0.05, 0.1) is 11.8 Å². The zero-order chi connectivity index (χ0) is 13.2. The summed E-state index contributed by atoms with van der Waals surface area (Å²) < 4.78 is 42.4. The number of nitrogens with one attached hydrogen (secondary N) is 1. The lowest BCUT2D eigenvalue weighted by atomic mass is 10.0. The molecule has 0 aliphatic rings. The van der Waals surface area contributed by atoms with Crippen molar-refractivity contribution in [2.24, 2.45) is 5.84 Å². The van der Waals surface area contributed by atoms with E-state index in [9.17, 15) is 13.2 Å². The van der Waals surface area contributed by atoms with Gasteiger partial charge in [-0.3, -0.25) is 5.84 Å². The van der Waals surface area contributed by atoms with Crippen LogP contribution in [0.3, 0.4) is 0 Å². The predicted molar refractivity (Wildman–Crippen MR) is 59.3 cm³/mol. The van der Waals surface area contributed by atoms with E-state index in [0.717, 1.165) is 12.1 Å². The molecule has 0 aliphatic carbocycles. The minimum atomic E-state index is -4.34. The molecule has 96 valence electrons. The van der Waals surface area contributed by atoms with Crippen LogP contribution in [0.15, 0.2) is 47.1 Å². The third-order valence-corrected chi connectivity index (χ3v) is 2.57. The molecule has 3 N–H and O–H groups in total. The Bertz CT molecular complexity index is 491. The standard InChI is InChI=1S/C12H11F3N2O/c13-12(14,15)9-5-3-8(4-6-9)11(17-16)10-2-1-7-18-10/h1-7,11,17H,16H2. The molecule has 1 atom stereocenters. The van der Waals surface area contributed by atoms with E-state index in [2.05, 4.69) is 5.43 Å². The molecule has 1 unspecified atom stereocenters. The first kappa shape index (κ1) is 12.7. The summed E-state index contributed by atoms with van der Waals surface area (Å²) in [6.45, 7) is 0. The summed E-state index contributed by atoms with van der Waals surface area (Å²) in [5.74, 6) is 5.93. The zero-order valence-electron chi connectivity index (χ0n) is 9.24. The van der Waals surface area contributed by atoms with Crippen LogP contribution in [-0.2, 0) is 6.18 Å². The van der Waals surface area contributed by atoms with Crippen LogP contribution in [0.5, 0.6) is 0 Å². The Morgan fingerprint density at radius 1 is 1.11 bits per heavy atom. The highest BCUT2D eigenvalue weighted by Crippen LogP contribution is 2.30. The van der Waals surface area contributed by atoms with Gasteiger partial charge in [0.1, 0.15) is 11.8 Å². The van der Waals surface area contributed by atoms with Crippen molar-refractivity contribution >= 4 is 0 Å². The Hall–Kier alpha value is -1.79. The number of rotatable bonds is 3. The number of hydrogen-bond acceptors (Lipinski definition) is 3. The van der Waals surface area contributed by atoms with Gasteiger partial charge in [0.15, 0.2) is 0 Å². The minimum absolute atomic E-state index is 0.470. The van der Waals surface area contributed by atoms with Gasteiger partial charge in [-0.15, -0.1) is 0 Å². The van der Waals surface area contributed by atoms with Gasteiger partial charge >= 0.3 is 6.18 Å². The van der Waals surface area contributed by atoms with E-state index in [1.165, 1.54) is 18.4 Å².